The van der Waals surface area contributed by atoms with E-state index in [0.29, 0.717) is 17.0 Å². The second-order valence-electron chi connectivity index (χ2n) is 4.38. The van der Waals surface area contributed by atoms with E-state index in [-0.39, 0.29) is 10.2 Å². The van der Waals surface area contributed by atoms with Crippen molar-refractivity contribution in [2.45, 2.75) is 30.0 Å². The normalized spacial score (nSPS) is 14.0. The monoisotopic (exact) mass is 409 g/mol. The van der Waals surface area contributed by atoms with E-state index < -0.39 is 6.09 Å². The smallest absolute Gasteiger partial charge is 0.410 e. The third-order valence-electron chi connectivity index (χ3n) is 2.49. The van der Waals surface area contributed by atoms with Crippen molar-refractivity contribution >= 4 is 50.6 Å². The van der Waals surface area contributed by atoms with Gasteiger partial charge in [0.15, 0.2) is 0 Å². The number of hydrogen-bond donors (Lipinski definition) is 2. The van der Waals surface area contributed by atoms with E-state index in [9.17, 15) is 4.79 Å². The summed E-state index contributed by atoms with van der Waals surface area (Å²) in [5.74, 6) is 0.929. The predicted octanol–water partition coefficient (Wildman–Crippen LogP) is 4.31. The Bertz CT molecular complexity index is 429. The SMILES string of the molecule is CC(C)c1cccc(OC(=O)NC(S)C(Br)CBr)c1. The summed E-state index contributed by atoms with van der Waals surface area (Å²) >= 11 is 11.0. The molecule has 0 bridgehead atoms. The maximum absolute atomic E-state index is 11.7. The minimum absolute atomic E-state index is 0.0328. The van der Waals surface area contributed by atoms with Crippen molar-refractivity contribution in [1.29, 1.82) is 0 Å². The molecule has 1 rings (SSSR count). The molecule has 2 unspecified atom stereocenters. The van der Waals surface area contributed by atoms with Crippen LogP contribution >= 0.6 is 44.5 Å². The van der Waals surface area contributed by atoms with Gasteiger partial charge in [-0.15, -0.1) is 0 Å². The number of amides is 1. The lowest BCUT2D eigenvalue weighted by Crippen LogP contribution is -2.39. The Morgan fingerprint density at radius 2 is 2.16 bits per heavy atom. The van der Waals surface area contributed by atoms with Gasteiger partial charge in [0.2, 0.25) is 0 Å². The molecular formula is C13H17Br2NO2S. The van der Waals surface area contributed by atoms with Gasteiger partial charge < -0.3 is 10.1 Å². The average Bonchev–Trinajstić information content (AvgIpc) is 2.37. The van der Waals surface area contributed by atoms with Crippen LogP contribution in [0.5, 0.6) is 5.75 Å². The Labute approximate surface area is 136 Å². The summed E-state index contributed by atoms with van der Waals surface area (Å²) in [6.07, 6.45) is -0.508. The van der Waals surface area contributed by atoms with Crippen molar-refractivity contribution in [1.82, 2.24) is 5.32 Å². The molecule has 1 amide bonds. The minimum atomic E-state index is -0.508. The van der Waals surface area contributed by atoms with Crippen LogP contribution in [0.4, 0.5) is 4.79 Å². The number of alkyl halides is 2. The van der Waals surface area contributed by atoms with Crippen molar-refractivity contribution in [3.8, 4) is 5.75 Å². The fraction of sp³-hybridized carbons (Fsp3) is 0.462. The number of thiol groups is 1. The van der Waals surface area contributed by atoms with E-state index in [2.05, 4.69) is 63.7 Å². The third-order valence-corrected chi connectivity index (χ3v) is 5.81. The first kappa shape index (κ1) is 16.9. The van der Waals surface area contributed by atoms with Crippen LogP contribution in [-0.4, -0.2) is 21.6 Å². The Morgan fingerprint density at radius 3 is 2.74 bits per heavy atom. The van der Waals surface area contributed by atoms with Crippen LogP contribution in [0.2, 0.25) is 0 Å². The first-order valence-corrected chi connectivity index (χ1v) is 8.45. The second kappa shape index (κ2) is 8.17. The van der Waals surface area contributed by atoms with Crippen LogP contribution in [0.25, 0.3) is 0 Å². The van der Waals surface area contributed by atoms with Gasteiger partial charge in [-0.3, -0.25) is 0 Å². The first-order valence-electron chi connectivity index (χ1n) is 5.90. The Kier molecular flexibility index (Phi) is 7.25. The average molecular weight is 411 g/mol. The van der Waals surface area contributed by atoms with Gasteiger partial charge in [-0.2, -0.15) is 12.6 Å². The summed E-state index contributed by atoms with van der Waals surface area (Å²) in [7, 11) is 0. The summed E-state index contributed by atoms with van der Waals surface area (Å²) in [6, 6.07) is 7.51. The standard InChI is InChI=1S/C13H17Br2NO2S/c1-8(2)9-4-3-5-10(6-9)18-13(17)16-12(19)11(15)7-14/h3-6,8,11-12,19H,7H2,1-2H3,(H,16,17). The number of nitrogens with one attached hydrogen (secondary N) is 1. The summed E-state index contributed by atoms with van der Waals surface area (Å²) in [5.41, 5.74) is 1.13. The topological polar surface area (TPSA) is 38.3 Å². The van der Waals surface area contributed by atoms with Crippen LogP contribution in [-0.2, 0) is 0 Å². The largest absolute Gasteiger partial charge is 0.413 e. The Balaban J connectivity index is 2.59. The van der Waals surface area contributed by atoms with Gasteiger partial charge in [0.1, 0.15) is 5.75 Å². The van der Waals surface area contributed by atoms with E-state index in [1.165, 1.54) is 0 Å². The van der Waals surface area contributed by atoms with E-state index in [0.717, 1.165) is 5.56 Å². The highest BCUT2D eigenvalue weighted by Crippen LogP contribution is 2.20. The molecule has 0 aromatic heterocycles. The molecule has 0 aliphatic carbocycles. The van der Waals surface area contributed by atoms with Crippen molar-refractivity contribution < 1.29 is 9.53 Å². The third kappa shape index (κ3) is 5.75. The van der Waals surface area contributed by atoms with Crippen molar-refractivity contribution in [2.75, 3.05) is 5.33 Å². The lowest BCUT2D eigenvalue weighted by Gasteiger charge is -2.17. The van der Waals surface area contributed by atoms with E-state index in [4.69, 9.17) is 4.74 Å². The van der Waals surface area contributed by atoms with Crippen LogP contribution in [0.1, 0.15) is 25.3 Å². The molecule has 1 aromatic carbocycles. The van der Waals surface area contributed by atoms with Gasteiger partial charge in [-0.1, -0.05) is 57.8 Å². The van der Waals surface area contributed by atoms with Gasteiger partial charge in [0.25, 0.3) is 0 Å². The molecule has 1 aromatic rings. The van der Waals surface area contributed by atoms with Gasteiger partial charge >= 0.3 is 6.09 Å². The molecular weight excluding hydrogens is 394 g/mol. The maximum atomic E-state index is 11.7. The zero-order chi connectivity index (χ0) is 14.4. The lowest BCUT2D eigenvalue weighted by molar-refractivity contribution is 0.199. The molecule has 3 nitrogen and oxygen atoms in total. The lowest BCUT2D eigenvalue weighted by atomic mass is 10.0. The summed E-state index contributed by atoms with van der Waals surface area (Å²) < 4.78 is 5.24. The maximum Gasteiger partial charge on any atom is 0.413 e. The molecule has 0 spiro atoms. The van der Waals surface area contributed by atoms with Crippen molar-refractivity contribution in [3.63, 3.8) is 0 Å². The van der Waals surface area contributed by atoms with E-state index in [1.54, 1.807) is 6.07 Å². The highest BCUT2D eigenvalue weighted by Gasteiger charge is 2.17. The van der Waals surface area contributed by atoms with E-state index >= 15 is 0 Å². The number of benzene rings is 1. The Morgan fingerprint density at radius 1 is 1.47 bits per heavy atom. The summed E-state index contributed by atoms with van der Waals surface area (Å²) in [4.78, 5) is 11.7. The first-order chi connectivity index (χ1) is 8.93. The molecule has 1 N–H and O–H groups in total. The predicted molar refractivity (Wildman–Crippen MR) is 89.0 cm³/mol. The molecule has 2 atom stereocenters. The van der Waals surface area contributed by atoms with Crippen LogP contribution in [0, 0.1) is 0 Å². The number of carbonyl (C=O) groups excluding carboxylic acids is 1. The van der Waals surface area contributed by atoms with Crippen LogP contribution < -0.4 is 10.1 Å². The number of carbonyl (C=O) groups is 1. The molecule has 0 aliphatic rings. The molecule has 106 valence electrons. The fourth-order valence-electron chi connectivity index (χ4n) is 1.37. The molecule has 0 saturated carbocycles. The molecule has 0 radical (unpaired) electrons. The number of halogens is 2. The summed E-state index contributed by atoms with van der Waals surface area (Å²) in [6.45, 7) is 4.18. The van der Waals surface area contributed by atoms with Gasteiger partial charge in [0.05, 0.1) is 10.2 Å². The second-order valence-corrected chi connectivity index (χ2v) is 6.76. The molecule has 0 aliphatic heterocycles. The minimum Gasteiger partial charge on any atom is -0.410 e. The van der Waals surface area contributed by atoms with Gasteiger partial charge in [0, 0.05) is 5.33 Å². The van der Waals surface area contributed by atoms with Gasteiger partial charge in [-0.05, 0) is 23.6 Å². The van der Waals surface area contributed by atoms with Crippen LogP contribution in [0.15, 0.2) is 24.3 Å². The fourth-order valence-corrected chi connectivity index (χ4v) is 2.37. The van der Waals surface area contributed by atoms with Crippen LogP contribution in [0.3, 0.4) is 0 Å². The summed E-state index contributed by atoms with van der Waals surface area (Å²) in [5, 5.41) is 3.02. The zero-order valence-electron chi connectivity index (χ0n) is 10.8. The molecule has 0 fully saturated rings. The highest BCUT2D eigenvalue weighted by atomic mass is 79.9. The molecule has 0 heterocycles. The zero-order valence-corrected chi connectivity index (χ0v) is 14.8. The molecule has 19 heavy (non-hydrogen) atoms. The molecule has 0 saturated heterocycles. The van der Waals surface area contributed by atoms with E-state index in [1.807, 2.05) is 18.2 Å². The number of rotatable bonds is 5. The number of hydrogen-bond acceptors (Lipinski definition) is 3. The quantitative estimate of drug-likeness (QED) is 0.431. The van der Waals surface area contributed by atoms with Gasteiger partial charge in [-0.25, -0.2) is 4.79 Å². The van der Waals surface area contributed by atoms with Crippen molar-refractivity contribution in [3.05, 3.63) is 29.8 Å². The van der Waals surface area contributed by atoms with Crippen molar-refractivity contribution in [2.24, 2.45) is 0 Å². The number of ether oxygens (including phenoxy) is 1. The molecule has 6 heteroatoms. The Hall–Kier alpha value is -0.200. The highest BCUT2D eigenvalue weighted by molar-refractivity contribution is 9.12.